The van der Waals surface area contributed by atoms with Crippen molar-refractivity contribution in [2.24, 2.45) is 11.8 Å². The fourth-order valence-electron chi connectivity index (χ4n) is 5.32. The number of nitrogens with zero attached hydrogens (tertiary/aromatic N) is 4. The average molecular weight is 432 g/mol. The first-order valence-electron chi connectivity index (χ1n) is 12.1. The first-order valence-corrected chi connectivity index (χ1v) is 12.1. The number of rotatable bonds is 6. The normalized spacial score (nSPS) is 19.9. The Kier molecular flexibility index (Phi) is 6.37. The average Bonchev–Trinajstić information content (AvgIpc) is 3.22. The van der Waals surface area contributed by atoms with Crippen molar-refractivity contribution < 1.29 is 4.79 Å². The largest absolute Gasteiger partial charge is 0.352 e. The topological polar surface area (TPSA) is 63.1 Å². The molecule has 1 aliphatic carbocycles. The van der Waals surface area contributed by atoms with Gasteiger partial charge in [-0.1, -0.05) is 31.4 Å². The molecule has 32 heavy (non-hydrogen) atoms. The summed E-state index contributed by atoms with van der Waals surface area (Å²) in [5.74, 6) is 1.91. The molecule has 3 heterocycles. The fraction of sp³-hybridized carbons (Fsp3) is 0.500. The van der Waals surface area contributed by atoms with Crippen LogP contribution in [0, 0.1) is 11.8 Å². The van der Waals surface area contributed by atoms with Gasteiger partial charge in [-0.05, 0) is 61.4 Å². The van der Waals surface area contributed by atoms with E-state index in [0.29, 0.717) is 6.54 Å². The molecule has 1 atom stereocenters. The highest BCUT2D eigenvalue weighted by atomic mass is 16.1. The van der Waals surface area contributed by atoms with Crippen molar-refractivity contribution in [1.82, 2.24) is 19.9 Å². The lowest BCUT2D eigenvalue weighted by molar-refractivity contribution is -0.125. The Morgan fingerprint density at radius 3 is 2.66 bits per heavy atom. The van der Waals surface area contributed by atoms with Crippen molar-refractivity contribution in [1.29, 1.82) is 0 Å². The Bertz CT molecular complexity index is 1040. The number of imidazole rings is 1. The number of para-hydroxylation sites is 2. The third-order valence-electron chi connectivity index (χ3n) is 7.09. The monoisotopic (exact) mass is 431 g/mol. The Hall–Kier alpha value is -2.89. The summed E-state index contributed by atoms with van der Waals surface area (Å²) in [7, 11) is 0. The molecule has 0 radical (unpaired) electrons. The molecule has 2 fully saturated rings. The van der Waals surface area contributed by atoms with E-state index in [0.717, 1.165) is 55.4 Å². The number of hydrogen-bond donors (Lipinski definition) is 1. The number of carbonyl (C=O) groups is 1. The molecular formula is C26H33N5O. The highest BCUT2D eigenvalue weighted by Gasteiger charge is 2.29. The van der Waals surface area contributed by atoms with Gasteiger partial charge in [0.15, 0.2) is 0 Å². The highest BCUT2D eigenvalue weighted by Crippen LogP contribution is 2.31. The third-order valence-corrected chi connectivity index (χ3v) is 7.09. The van der Waals surface area contributed by atoms with E-state index in [4.69, 9.17) is 4.98 Å². The van der Waals surface area contributed by atoms with Crippen LogP contribution in [0.5, 0.6) is 0 Å². The van der Waals surface area contributed by atoms with Gasteiger partial charge >= 0.3 is 0 Å². The zero-order chi connectivity index (χ0) is 21.8. The zero-order valence-corrected chi connectivity index (χ0v) is 18.7. The van der Waals surface area contributed by atoms with Crippen LogP contribution in [-0.2, 0) is 17.9 Å². The van der Waals surface area contributed by atoms with E-state index < -0.39 is 0 Å². The van der Waals surface area contributed by atoms with Crippen molar-refractivity contribution in [2.75, 3.05) is 18.0 Å². The van der Waals surface area contributed by atoms with Gasteiger partial charge in [-0.15, -0.1) is 0 Å². The van der Waals surface area contributed by atoms with E-state index in [1.807, 2.05) is 12.1 Å². The molecule has 2 aromatic heterocycles. The summed E-state index contributed by atoms with van der Waals surface area (Å²) in [6.07, 6.45) is 12.2. The molecule has 1 amide bonds. The second-order valence-corrected chi connectivity index (χ2v) is 9.37. The SMILES string of the molecule is O=C(NCc1ccncc1)C1CCCN(c2nc3ccccc3n2CC2CCCCC2)C1. The van der Waals surface area contributed by atoms with Crippen molar-refractivity contribution in [3.8, 4) is 0 Å². The number of nitrogens with one attached hydrogen (secondary N) is 1. The number of pyridine rings is 1. The minimum atomic E-state index is -0.00599. The Labute approximate surface area is 190 Å². The van der Waals surface area contributed by atoms with Crippen LogP contribution in [0.15, 0.2) is 48.8 Å². The standard InChI is InChI=1S/C26H33N5O/c32-25(28-17-20-12-14-27-15-13-20)22-9-6-16-30(19-22)26-29-23-10-4-5-11-24(23)31(26)18-21-7-2-1-3-8-21/h4-5,10-15,21-22H,1-3,6-9,16-19H2,(H,28,32). The van der Waals surface area contributed by atoms with Gasteiger partial charge in [-0.2, -0.15) is 0 Å². The van der Waals surface area contributed by atoms with Crippen LogP contribution in [0.1, 0.15) is 50.5 Å². The van der Waals surface area contributed by atoms with Gasteiger partial charge in [-0.3, -0.25) is 9.78 Å². The van der Waals surface area contributed by atoms with Crippen LogP contribution in [-0.4, -0.2) is 33.5 Å². The van der Waals surface area contributed by atoms with Crippen LogP contribution < -0.4 is 10.2 Å². The van der Waals surface area contributed by atoms with Crippen LogP contribution in [0.4, 0.5) is 5.95 Å². The fourth-order valence-corrected chi connectivity index (χ4v) is 5.32. The minimum absolute atomic E-state index is 0.00599. The molecule has 3 aromatic rings. The molecular weight excluding hydrogens is 398 g/mol. The molecule has 168 valence electrons. The number of carbonyl (C=O) groups excluding carboxylic acids is 1. The Morgan fingerprint density at radius 1 is 1.00 bits per heavy atom. The van der Waals surface area contributed by atoms with Crippen molar-refractivity contribution in [2.45, 2.75) is 58.0 Å². The van der Waals surface area contributed by atoms with Gasteiger partial charge in [0.1, 0.15) is 0 Å². The summed E-state index contributed by atoms with van der Waals surface area (Å²) in [6.45, 7) is 3.28. The molecule has 1 aromatic carbocycles. The minimum Gasteiger partial charge on any atom is -0.352 e. The van der Waals surface area contributed by atoms with Gasteiger partial charge in [0, 0.05) is 38.6 Å². The van der Waals surface area contributed by atoms with Crippen LogP contribution in [0.25, 0.3) is 11.0 Å². The van der Waals surface area contributed by atoms with Gasteiger partial charge in [0.25, 0.3) is 0 Å². The first-order chi connectivity index (χ1) is 15.8. The van der Waals surface area contributed by atoms with E-state index in [1.165, 1.54) is 37.6 Å². The van der Waals surface area contributed by atoms with Crippen molar-refractivity contribution >= 4 is 22.9 Å². The Balaban J connectivity index is 1.32. The summed E-state index contributed by atoms with van der Waals surface area (Å²) in [5, 5.41) is 3.13. The summed E-state index contributed by atoms with van der Waals surface area (Å²) < 4.78 is 2.43. The molecule has 0 spiro atoms. The molecule has 1 saturated carbocycles. The highest BCUT2D eigenvalue weighted by molar-refractivity contribution is 5.81. The van der Waals surface area contributed by atoms with Crippen LogP contribution in [0.3, 0.4) is 0 Å². The van der Waals surface area contributed by atoms with Crippen LogP contribution >= 0.6 is 0 Å². The predicted octanol–water partition coefficient (Wildman–Crippen LogP) is 4.54. The summed E-state index contributed by atoms with van der Waals surface area (Å²) in [4.78, 5) is 24.4. The number of fused-ring (bicyclic) bond motifs is 1. The number of benzene rings is 1. The summed E-state index contributed by atoms with van der Waals surface area (Å²) >= 11 is 0. The third kappa shape index (κ3) is 4.64. The van der Waals surface area contributed by atoms with Gasteiger partial charge in [0.05, 0.1) is 17.0 Å². The number of anilines is 1. The van der Waals surface area contributed by atoms with Gasteiger partial charge < -0.3 is 14.8 Å². The number of aromatic nitrogens is 3. The van der Waals surface area contributed by atoms with E-state index in [-0.39, 0.29) is 11.8 Å². The number of piperidine rings is 1. The lowest BCUT2D eigenvalue weighted by Crippen LogP contribution is -2.44. The molecule has 1 aliphatic heterocycles. The molecule has 1 N–H and O–H groups in total. The zero-order valence-electron chi connectivity index (χ0n) is 18.7. The predicted molar refractivity (Wildman–Crippen MR) is 127 cm³/mol. The lowest BCUT2D eigenvalue weighted by Gasteiger charge is -2.34. The lowest BCUT2D eigenvalue weighted by atomic mass is 9.89. The van der Waals surface area contributed by atoms with Crippen molar-refractivity contribution in [3.63, 3.8) is 0 Å². The maximum Gasteiger partial charge on any atom is 0.225 e. The molecule has 6 heteroatoms. The molecule has 5 rings (SSSR count). The quantitative estimate of drug-likeness (QED) is 0.622. The maximum atomic E-state index is 12.9. The van der Waals surface area contributed by atoms with Crippen LogP contribution in [0.2, 0.25) is 0 Å². The van der Waals surface area contributed by atoms with Crippen molar-refractivity contribution in [3.05, 3.63) is 54.4 Å². The van der Waals surface area contributed by atoms with Gasteiger partial charge in [0.2, 0.25) is 11.9 Å². The molecule has 6 nitrogen and oxygen atoms in total. The summed E-state index contributed by atoms with van der Waals surface area (Å²) in [6, 6.07) is 12.4. The van der Waals surface area contributed by atoms with E-state index in [1.54, 1.807) is 12.4 Å². The second kappa shape index (κ2) is 9.72. The number of amides is 1. The molecule has 1 saturated heterocycles. The Morgan fingerprint density at radius 2 is 1.81 bits per heavy atom. The molecule has 2 aliphatic rings. The molecule has 0 bridgehead atoms. The number of hydrogen-bond acceptors (Lipinski definition) is 4. The van der Waals surface area contributed by atoms with Gasteiger partial charge in [-0.25, -0.2) is 4.98 Å². The smallest absolute Gasteiger partial charge is 0.225 e. The second-order valence-electron chi connectivity index (χ2n) is 9.37. The van der Waals surface area contributed by atoms with E-state index in [9.17, 15) is 4.79 Å². The van der Waals surface area contributed by atoms with E-state index in [2.05, 4.69) is 44.0 Å². The first kappa shape index (κ1) is 21.0. The van der Waals surface area contributed by atoms with E-state index >= 15 is 0 Å². The maximum absolute atomic E-state index is 12.9. The molecule has 1 unspecified atom stereocenters. The summed E-state index contributed by atoms with van der Waals surface area (Å²) in [5.41, 5.74) is 3.36.